The van der Waals surface area contributed by atoms with Crippen LogP contribution in [0.2, 0.25) is 0 Å². The summed E-state index contributed by atoms with van der Waals surface area (Å²) in [7, 11) is 0. The van der Waals surface area contributed by atoms with Gasteiger partial charge in [-0.3, -0.25) is 0 Å². The minimum Gasteiger partial charge on any atom is -0.476 e. The smallest absolute Gasteiger partial charge is 0.356 e. The van der Waals surface area contributed by atoms with E-state index in [0.717, 1.165) is 5.75 Å². The third kappa shape index (κ3) is 4.31. The molecule has 7 heteroatoms. The molecule has 0 saturated heterocycles. The molecule has 0 aromatic carbocycles. The van der Waals surface area contributed by atoms with Gasteiger partial charge in [-0.15, -0.1) is 0 Å². The fraction of sp³-hybridized carbons (Fsp3) is 0.300. The first-order chi connectivity index (χ1) is 8.15. The lowest BCUT2D eigenvalue weighted by Gasteiger charge is -2.08. The van der Waals surface area contributed by atoms with E-state index in [0.29, 0.717) is 6.54 Å². The van der Waals surface area contributed by atoms with Crippen molar-refractivity contribution in [1.82, 2.24) is 10.3 Å². The van der Waals surface area contributed by atoms with Crippen LogP contribution in [-0.2, 0) is 0 Å². The Hall–Kier alpha value is -1.76. The highest BCUT2D eigenvalue weighted by Gasteiger charge is 2.12. The molecule has 6 nitrogen and oxygen atoms in total. The topological polar surface area (TPSA) is 91.3 Å². The molecule has 0 bridgehead atoms. The molecule has 0 atom stereocenters. The van der Waals surface area contributed by atoms with Crippen LogP contribution in [-0.4, -0.2) is 40.6 Å². The van der Waals surface area contributed by atoms with Gasteiger partial charge in [-0.2, -0.15) is 11.8 Å². The molecule has 1 aromatic rings. The van der Waals surface area contributed by atoms with Crippen LogP contribution in [0.1, 0.15) is 10.5 Å². The van der Waals surface area contributed by atoms with Crippen molar-refractivity contribution < 1.29 is 14.7 Å². The molecule has 0 unspecified atom stereocenters. The highest BCUT2D eigenvalue weighted by atomic mass is 32.2. The Bertz CT molecular complexity index is 412. The maximum atomic E-state index is 11.4. The number of carbonyl (C=O) groups excluding carboxylic acids is 1. The van der Waals surface area contributed by atoms with Crippen LogP contribution >= 0.6 is 11.8 Å². The molecular weight excluding hydrogens is 242 g/mol. The van der Waals surface area contributed by atoms with Crippen molar-refractivity contribution in [2.45, 2.75) is 0 Å². The van der Waals surface area contributed by atoms with Crippen molar-refractivity contribution in [2.24, 2.45) is 0 Å². The lowest BCUT2D eigenvalue weighted by Crippen LogP contribution is -2.31. The minimum atomic E-state index is -1.18. The van der Waals surface area contributed by atoms with Crippen LogP contribution < -0.4 is 10.6 Å². The van der Waals surface area contributed by atoms with Crippen LogP contribution in [0, 0.1) is 0 Å². The molecule has 2 amide bonds. The van der Waals surface area contributed by atoms with E-state index >= 15 is 0 Å². The molecular formula is C10H13N3O3S. The van der Waals surface area contributed by atoms with Gasteiger partial charge in [0.1, 0.15) is 0 Å². The van der Waals surface area contributed by atoms with Crippen molar-refractivity contribution in [2.75, 3.05) is 23.9 Å². The van der Waals surface area contributed by atoms with Crippen LogP contribution in [0.15, 0.2) is 18.3 Å². The summed E-state index contributed by atoms with van der Waals surface area (Å²) in [6, 6.07) is 2.61. The second-order valence-corrected chi connectivity index (χ2v) is 4.06. The number of urea groups is 1. The van der Waals surface area contributed by atoms with Crippen LogP contribution in [0.4, 0.5) is 10.5 Å². The van der Waals surface area contributed by atoms with Crippen LogP contribution in [0.25, 0.3) is 0 Å². The van der Waals surface area contributed by atoms with E-state index in [-0.39, 0.29) is 11.4 Å². The lowest BCUT2D eigenvalue weighted by molar-refractivity contribution is 0.0692. The number of nitrogens with zero attached hydrogens (tertiary/aromatic N) is 1. The Balaban J connectivity index is 2.61. The predicted molar refractivity (Wildman–Crippen MR) is 66.6 cm³/mol. The first kappa shape index (κ1) is 13.3. The first-order valence-corrected chi connectivity index (χ1v) is 6.26. The second kappa shape index (κ2) is 6.74. The number of thioether (sulfide) groups is 1. The zero-order valence-electron chi connectivity index (χ0n) is 9.27. The minimum absolute atomic E-state index is 0.174. The molecule has 0 radical (unpaired) electrons. The summed E-state index contributed by atoms with van der Waals surface area (Å²) in [5.41, 5.74) is 0.00849. The third-order valence-electron chi connectivity index (χ3n) is 1.85. The number of carbonyl (C=O) groups is 2. The van der Waals surface area contributed by atoms with E-state index in [9.17, 15) is 9.59 Å². The average molecular weight is 255 g/mol. The fourth-order valence-electron chi connectivity index (χ4n) is 1.11. The molecule has 1 heterocycles. The summed E-state index contributed by atoms with van der Waals surface area (Å²) in [6.45, 7) is 0.523. The van der Waals surface area contributed by atoms with Gasteiger partial charge in [-0.05, 0) is 18.4 Å². The van der Waals surface area contributed by atoms with Gasteiger partial charge in [-0.25, -0.2) is 14.6 Å². The van der Waals surface area contributed by atoms with E-state index in [1.165, 1.54) is 12.3 Å². The van der Waals surface area contributed by atoms with Crippen LogP contribution in [0.3, 0.4) is 0 Å². The van der Waals surface area contributed by atoms with Crippen molar-refractivity contribution in [3.63, 3.8) is 0 Å². The summed E-state index contributed by atoms with van der Waals surface area (Å²) in [6.07, 6.45) is 3.30. The van der Waals surface area contributed by atoms with Crippen molar-refractivity contribution in [1.29, 1.82) is 0 Å². The zero-order chi connectivity index (χ0) is 12.7. The molecule has 3 N–H and O–H groups in total. The number of anilines is 1. The van der Waals surface area contributed by atoms with E-state index < -0.39 is 12.0 Å². The van der Waals surface area contributed by atoms with Gasteiger partial charge in [0, 0.05) is 18.5 Å². The van der Waals surface area contributed by atoms with E-state index in [4.69, 9.17) is 5.11 Å². The quantitative estimate of drug-likeness (QED) is 0.689. The number of aromatic carboxylic acids is 1. The Morgan fingerprint density at radius 3 is 2.94 bits per heavy atom. The summed E-state index contributed by atoms with van der Waals surface area (Å²) >= 11 is 1.61. The maximum Gasteiger partial charge on any atom is 0.356 e. The largest absolute Gasteiger partial charge is 0.476 e. The number of hydrogen-bond donors (Lipinski definition) is 3. The van der Waals surface area contributed by atoms with E-state index in [1.807, 2.05) is 6.26 Å². The van der Waals surface area contributed by atoms with Gasteiger partial charge in [0.2, 0.25) is 0 Å². The number of carboxylic acid groups (broad SMARTS) is 1. The van der Waals surface area contributed by atoms with Gasteiger partial charge < -0.3 is 15.7 Å². The molecule has 17 heavy (non-hydrogen) atoms. The first-order valence-electron chi connectivity index (χ1n) is 4.87. The number of pyridine rings is 1. The molecule has 1 aromatic heterocycles. The van der Waals surface area contributed by atoms with Gasteiger partial charge in [0.05, 0.1) is 5.69 Å². The normalized spacial score (nSPS) is 9.71. The number of carboxylic acids is 1. The van der Waals surface area contributed by atoms with Crippen molar-refractivity contribution in [3.05, 3.63) is 24.0 Å². The van der Waals surface area contributed by atoms with Gasteiger partial charge in [0.15, 0.2) is 5.69 Å². The maximum absolute atomic E-state index is 11.4. The highest BCUT2D eigenvalue weighted by Crippen LogP contribution is 2.11. The summed E-state index contributed by atoms with van der Waals surface area (Å²) in [4.78, 5) is 25.9. The number of nitrogens with one attached hydrogen (secondary N) is 2. The molecule has 92 valence electrons. The van der Waals surface area contributed by atoms with Gasteiger partial charge in [-0.1, -0.05) is 0 Å². The van der Waals surface area contributed by atoms with Gasteiger partial charge >= 0.3 is 12.0 Å². The number of amides is 2. The van der Waals surface area contributed by atoms with Crippen LogP contribution in [0.5, 0.6) is 0 Å². The summed E-state index contributed by atoms with van der Waals surface area (Å²) in [5.74, 6) is -0.378. The van der Waals surface area contributed by atoms with Gasteiger partial charge in [0.25, 0.3) is 0 Å². The number of hydrogen-bond acceptors (Lipinski definition) is 4. The monoisotopic (exact) mass is 255 g/mol. The molecule has 0 aliphatic heterocycles. The summed E-state index contributed by atoms with van der Waals surface area (Å²) < 4.78 is 0. The average Bonchev–Trinajstić information content (AvgIpc) is 2.29. The molecule has 1 rings (SSSR count). The predicted octanol–water partition coefficient (Wildman–Crippen LogP) is 1.26. The Labute approximate surface area is 103 Å². The molecule has 0 aliphatic rings. The molecule has 0 saturated carbocycles. The fourth-order valence-corrected chi connectivity index (χ4v) is 1.42. The summed E-state index contributed by atoms with van der Waals surface area (Å²) in [5, 5.41) is 13.9. The molecule has 0 fully saturated rings. The number of rotatable bonds is 5. The van der Waals surface area contributed by atoms with Crippen molar-refractivity contribution >= 4 is 29.4 Å². The van der Waals surface area contributed by atoms with E-state index in [2.05, 4.69) is 15.6 Å². The highest BCUT2D eigenvalue weighted by molar-refractivity contribution is 7.98. The standard InChI is InChI=1S/C10H13N3O3S/c1-17-6-5-12-10(16)13-7-3-2-4-11-8(7)9(14)15/h2-4H,5-6H2,1H3,(H,14,15)(H2,12,13,16). The molecule has 0 aliphatic carbocycles. The molecule has 0 spiro atoms. The Morgan fingerprint density at radius 1 is 1.53 bits per heavy atom. The SMILES string of the molecule is CSCCNC(=O)Nc1cccnc1C(=O)O. The van der Waals surface area contributed by atoms with Crippen molar-refractivity contribution in [3.8, 4) is 0 Å². The lowest BCUT2D eigenvalue weighted by atomic mass is 10.3. The van der Waals surface area contributed by atoms with E-state index in [1.54, 1.807) is 17.8 Å². The second-order valence-electron chi connectivity index (χ2n) is 3.08. The Kier molecular flexibility index (Phi) is 5.28. The third-order valence-corrected chi connectivity index (χ3v) is 2.46. The Morgan fingerprint density at radius 2 is 2.29 bits per heavy atom. The number of aromatic nitrogens is 1. The zero-order valence-corrected chi connectivity index (χ0v) is 10.1.